The summed E-state index contributed by atoms with van der Waals surface area (Å²) in [5.74, 6) is 0.533. The monoisotopic (exact) mass is 226 g/mol. The van der Waals surface area contributed by atoms with Crippen molar-refractivity contribution in [3.05, 3.63) is 0 Å². The molecule has 1 amide bonds. The number of rotatable bonds is 6. The highest BCUT2D eigenvalue weighted by atomic mass is 16.2. The van der Waals surface area contributed by atoms with Crippen molar-refractivity contribution in [2.45, 2.75) is 32.6 Å². The molecular weight excluding hydrogens is 204 g/mol. The SMILES string of the molecule is CCNC(=O)CN(C)CC(=O)C1CCCC1. The minimum Gasteiger partial charge on any atom is -0.355 e. The molecular formula is C12H22N2O2. The lowest BCUT2D eigenvalue weighted by Gasteiger charge is -2.17. The van der Waals surface area contributed by atoms with E-state index in [1.165, 1.54) is 12.8 Å². The van der Waals surface area contributed by atoms with Gasteiger partial charge in [-0.15, -0.1) is 0 Å². The second-order valence-corrected chi connectivity index (χ2v) is 4.57. The van der Waals surface area contributed by atoms with Crippen LogP contribution in [0.25, 0.3) is 0 Å². The van der Waals surface area contributed by atoms with Crippen LogP contribution in [0.3, 0.4) is 0 Å². The molecule has 4 heteroatoms. The van der Waals surface area contributed by atoms with E-state index in [2.05, 4.69) is 5.32 Å². The number of nitrogens with zero attached hydrogens (tertiary/aromatic N) is 1. The maximum absolute atomic E-state index is 11.8. The smallest absolute Gasteiger partial charge is 0.234 e. The molecule has 0 aromatic heterocycles. The highest BCUT2D eigenvalue weighted by Gasteiger charge is 2.23. The van der Waals surface area contributed by atoms with Gasteiger partial charge in [-0.1, -0.05) is 12.8 Å². The third kappa shape index (κ3) is 4.31. The van der Waals surface area contributed by atoms with Crippen molar-refractivity contribution in [2.75, 3.05) is 26.7 Å². The van der Waals surface area contributed by atoms with E-state index in [0.29, 0.717) is 25.4 Å². The molecule has 0 aliphatic heterocycles. The van der Waals surface area contributed by atoms with Gasteiger partial charge in [0.2, 0.25) is 5.91 Å². The lowest BCUT2D eigenvalue weighted by Crippen LogP contribution is -2.38. The Hall–Kier alpha value is -0.900. The highest BCUT2D eigenvalue weighted by Crippen LogP contribution is 2.25. The molecule has 1 aliphatic rings. The van der Waals surface area contributed by atoms with E-state index in [1.54, 1.807) is 4.90 Å². The van der Waals surface area contributed by atoms with Gasteiger partial charge >= 0.3 is 0 Å². The first kappa shape index (κ1) is 13.2. The average Bonchev–Trinajstić information content (AvgIpc) is 2.69. The molecule has 0 aromatic carbocycles. The summed E-state index contributed by atoms with van der Waals surface area (Å²) in [4.78, 5) is 24.9. The molecule has 1 aliphatic carbocycles. The number of carbonyl (C=O) groups excluding carboxylic acids is 2. The zero-order valence-corrected chi connectivity index (χ0v) is 10.3. The summed E-state index contributed by atoms with van der Waals surface area (Å²) in [6.45, 7) is 3.25. The van der Waals surface area contributed by atoms with E-state index in [-0.39, 0.29) is 11.8 Å². The van der Waals surface area contributed by atoms with Crippen LogP contribution in [-0.4, -0.2) is 43.3 Å². The predicted octanol–water partition coefficient (Wildman–Crippen LogP) is 0.814. The second-order valence-electron chi connectivity index (χ2n) is 4.57. The topological polar surface area (TPSA) is 49.4 Å². The Labute approximate surface area is 97.4 Å². The Morgan fingerprint density at radius 2 is 1.88 bits per heavy atom. The number of nitrogens with one attached hydrogen (secondary N) is 1. The fourth-order valence-corrected chi connectivity index (χ4v) is 2.20. The molecule has 92 valence electrons. The van der Waals surface area contributed by atoms with Crippen LogP contribution < -0.4 is 5.32 Å². The third-order valence-electron chi connectivity index (χ3n) is 3.02. The van der Waals surface area contributed by atoms with Crippen LogP contribution in [0, 0.1) is 5.92 Å². The lowest BCUT2D eigenvalue weighted by molar-refractivity contribution is -0.125. The van der Waals surface area contributed by atoms with Crippen molar-refractivity contribution >= 4 is 11.7 Å². The number of likely N-dealkylation sites (N-methyl/N-ethyl adjacent to an activating group) is 2. The molecule has 0 spiro atoms. The number of ketones is 1. The molecule has 0 heterocycles. The van der Waals surface area contributed by atoms with E-state index < -0.39 is 0 Å². The molecule has 0 radical (unpaired) electrons. The Balaban J connectivity index is 2.24. The van der Waals surface area contributed by atoms with Gasteiger partial charge in [-0.05, 0) is 26.8 Å². The predicted molar refractivity (Wildman–Crippen MR) is 63.1 cm³/mol. The molecule has 0 saturated heterocycles. The fraction of sp³-hybridized carbons (Fsp3) is 0.833. The molecule has 0 unspecified atom stereocenters. The zero-order valence-electron chi connectivity index (χ0n) is 10.3. The largest absolute Gasteiger partial charge is 0.355 e. The van der Waals surface area contributed by atoms with Gasteiger partial charge in [0.15, 0.2) is 0 Å². The Morgan fingerprint density at radius 1 is 1.25 bits per heavy atom. The zero-order chi connectivity index (χ0) is 12.0. The third-order valence-corrected chi connectivity index (χ3v) is 3.02. The van der Waals surface area contributed by atoms with E-state index in [0.717, 1.165) is 12.8 Å². The van der Waals surface area contributed by atoms with Gasteiger partial charge in [-0.2, -0.15) is 0 Å². The lowest BCUT2D eigenvalue weighted by atomic mass is 10.0. The first-order chi connectivity index (χ1) is 7.63. The summed E-state index contributed by atoms with van der Waals surface area (Å²) in [7, 11) is 1.82. The standard InChI is InChI=1S/C12H22N2O2/c1-3-13-12(16)9-14(2)8-11(15)10-6-4-5-7-10/h10H,3-9H2,1-2H3,(H,13,16). The maximum atomic E-state index is 11.8. The Kier molecular flexibility index (Phi) is 5.46. The van der Waals surface area contributed by atoms with Crippen molar-refractivity contribution in [2.24, 2.45) is 5.92 Å². The van der Waals surface area contributed by atoms with Gasteiger partial charge in [0.1, 0.15) is 5.78 Å². The van der Waals surface area contributed by atoms with Gasteiger partial charge in [-0.25, -0.2) is 0 Å². The number of carbonyl (C=O) groups is 2. The normalized spacial score (nSPS) is 16.7. The van der Waals surface area contributed by atoms with Gasteiger partial charge in [0, 0.05) is 12.5 Å². The Morgan fingerprint density at radius 3 is 2.44 bits per heavy atom. The molecule has 1 rings (SSSR count). The minimum atomic E-state index is -0.00998. The first-order valence-corrected chi connectivity index (χ1v) is 6.11. The molecule has 1 saturated carbocycles. The van der Waals surface area contributed by atoms with Crippen molar-refractivity contribution in [1.29, 1.82) is 0 Å². The fourth-order valence-electron chi connectivity index (χ4n) is 2.20. The number of hydrogen-bond donors (Lipinski definition) is 1. The summed E-state index contributed by atoms with van der Waals surface area (Å²) in [5, 5.41) is 2.73. The van der Waals surface area contributed by atoms with Crippen molar-refractivity contribution < 1.29 is 9.59 Å². The summed E-state index contributed by atoms with van der Waals surface area (Å²) in [5.41, 5.74) is 0. The summed E-state index contributed by atoms with van der Waals surface area (Å²) in [6, 6.07) is 0. The van der Waals surface area contributed by atoms with Crippen LogP contribution in [0.2, 0.25) is 0 Å². The minimum absolute atomic E-state index is 0.00998. The number of Topliss-reactive ketones (excluding diaryl/α,β-unsaturated/α-hetero) is 1. The molecule has 0 aromatic rings. The summed E-state index contributed by atoms with van der Waals surface area (Å²) in [6.07, 6.45) is 4.43. The van der Waals surface area contributed by atoms with E-state index in [4.69, 9.17) is 0 Å². The molecule has 1 fully saturated rings. The van der Waals surface area contributed by atoms with Crippen molar-refractivity contribution in [3.63, 3.8) is 0 Å². The average molecular weight is 226 g/mol. The van der Waals surface area contributed by atoms with Crippen LogP contribution >= 0.6 is 0 Å². The van der Waals surface area contributed by atoms with Crippen LogP contribution in [0.4, 0.5) is 0 Å². The first-order valence-electron chi connectivity index (χ1n) is 6.11. The van der Waals surface area contributed by atoms with Gasteiger partial charge in [-0.3, -0.25) is 14.5 Å². The number of amides is 1. The molecule has 0 atom stereocenters. The van der Waals surface area contributed by atoms with Crippen LogP contribution in [0.1, 0.15) is 32.6 Å². The molecule has 1 N–H and O–H groups in total. The van der Waals surface area contributed by atoms with Crippen molar-refractivity contribution in [1.82, 2.24) is 10.2 Å². The van der Waals surface area contributed by atoms with Crippen molar-refractivity contribution in [3.8, 4) is 0 Å². The summed E-state index contributed by atoms with van der Waals surface area (Å²) < 4.78 is 0. The number of hydrogen-bond acceptors (Lipinski definition) is 3. The molecule has 16 heavy (non-hydrogen) atoms. The van der Waals surface area contributed by atoms with Gasteiger partial charge < -0.3 is 5.32 Å². The quantitative estimate of drug-likeness (QED) is 0.729. The van der Waals surface area contributed by atoms with Crippen LogP contribution in [0.15, 0.2) is 0 Å². The maximum Gasteiger partial charge on any atom is 0.234 e. The van der Waals surface area contributed by atoms with Gasteiger partial charge in [0.25, 0.3) is 0 Å². The van der Waals surface area contributed by atoms with Gasteiger partial charge in [0.05, 0.1) is 13.1 Å². The molecule has 0 bridgehead atoms. The van der Waals surface area contributed by atoms with E-state index >= 15 is 0 Å². The second kappa shape index (κ2) is 6.63. The van der Waals surface area contributed by atoms with Crippen LogP contribution in [0.5, 0.6) is 0 Å². The van der Waals surface area contributed by atoms with Crippen LogP contribution in [-0.2, 0) is 9.59 Å². The molecule has 4 nitrogen and oxygen atoms in total. The van der Waals surface area contributed by atoms with E-state index in [1.807, 2.05) is 14.0 Å². The summed E-state index contributed by atoms with van der Waals surface area (Å²) >= 11 is 0. The van der Waals surface area contributed by atoms with E-state index in [9.17, 15) is 9.59 Å². The highest BCUT2D eigenvalue weighted by molar-refractivity contribution is 5.84. The Bertz CT molecular complexity index is 247.